The van der Waals surface area contributed by atoms with Gasteiger partial charge in [0.1, 0.15) is 5.75 Å². The Bertz CT molecular complexity index is 982. The molecule has 2 N–H and O–H groups in total. The average molecular weight is 442 g/mol. The first-order valence-corrected chi connectivity index (χ1v) is 9.47. The minimum Gasteiger partial charge on any atom is -0.484 e. The van der Waals surface area contributed by atoms with Gasteiger partial charge in [0.25, 0.3) is 11.8 Å². The summed E-state index contributed by atoms with van der Waals surface area (Å²) in [6.07, 6.45) is 0. The number of hydrogen-bond acceptors (Lipinski definition) is 3. The third-order valence-corrected chi connectivity index (χ3v) is 4.72. The highest BCUT2D eigenvalue weighted by Gasteiger charge is 2.17. The van der Waals surface area contributed by atoms with Crippen molar-refractivity contribution < 1.29 is 14.3 Å². The van der Waals surface area contributed by atoms with Gasteiger partial charge < -0.3 is 9.30 Å². The van der Waals surface area contributed by atoms with Crippen LogP contribution in [0.3, 0.4) is 0 Å². The Morgan fingerprint density at radius 1 is 1.00 bits per heavy atom. The number of amides is 2. The highest BCUT2D eigenvalue weighted by atomic mass is 79.9. The molecule has 144 valence electrons. The number of aromatic nitrogens is 1. The van der Waals surface area contributed by atoms with Crippen LogP contribution in [0.2, 0.25) is 0 Å². The monoisotopic (exact) mass is 441 g/mol. The van der Waals surface area contributed by atoms with E-state index in [-0.39, 0.29) is 12.5 Å². The van der Waals surface area contributed by atoms with Crippen molar-refractivity contribution in [3.05, 3.63) is 82.1 Å². The summed E-state index contributed by atoms with van der Waals surface area (Å²) in [5, 5.41) is 0. The van der Waals surface area contributed by atoms with Crippen LogP contribution in [0.15, 0.2) is 65.1 Å². The van der Waals surface area contributed by atoms with E-state index in [1.807, 2.05) is 60.9 Å². The number of para-hydroxylation sites is 1. The number of hydrazine groups is 1. The predicted octanol–water partition coefficient (Wildman–Crippen LogP) is 3.70. The van der Waals surface area contributed by atoms with Crippen molar-refractivity contribution in [3.8, 4) is 11.4 Å². The first-order valence-electron chi connectivity index (χ1n) is 8.67. The molecule has 3 rings (SSSR count). The normalized spacial score (nSPS) is 10.4. The topological polar surface area (TPSA) is 72.4 Å². The molecule has 0 spiro atoms. The predicted molar refractivity (Wildman–Crippen MR) is 110 cm³/mol. The largest absolute Gasteiger partial charge is 0.484 e. The molecule has 3 aromatic rings. The second kappa shape index (κ2) is 8.75. The minimum absolute atomic E-state index is 0.203. The van der Waals surface area contributed by atoms with Crippen molar-refractivity contribution in [1.82, 2.24) is 15.4 Å². The SMILES string of the molecule is Cc1cc(C(=O)NNC(=O)COc2ccc(Br)cc2)c(C)n1-c1ccccc1. The summed E-state index contributed by atoms with van der Waals surface area (Å²) in [7, 11) is 0. The molecule has 2 amide bonds. The summed E-state index contributed by atoms with van der Waals surface area (Å²) in [5.74, 6) is -0.267. The van der Waals surface area contributed by atoms with Crippen molar-refractivity contribution in [2.45, 2.75) is 13.8 Å². The van der Waals surface area contributed by atoms with Crippen LogP contribution < -0.4 is 15.6 Å². The van der Waals surface area contributed by atoms with Crippen molar-refractivity contribution in [3.63, 3.8) is 0 Å². The molecular formula is C21H20BrN3O3. The molecule has 0 saturated heterocycles. The number of ether oxygens (including phenoxy) is 1. The first kappa shape index (κ1) is 19.7. The van der Waals surface area contributed by atoms with Gasteiger partial charge in [-0.25, -0.2) is 0 Å². The van der Waals surface area contributed by atoms with E-state index in [9.17, 15) is 9.59 Å². The van der Waals surface area contributed by atoms with Crippen molar-refractivity contribution in [2.75, 3.05) is 6.61 Å². The molecule has 2 aromatic carbocycles. The maximum absolute atomic E-state index is 12.5. The Hall–Kier alpha value is -3.06. The molecule has 0 bridgehead atoms. The highest BCUT2D eigenvalue weighted by Crippen LogP contribution is 2.20. The van der Waals surface area contributed by atoms with Gasteiger partial charge in [-0.1, -0.05) is 34.1 Å². The zero-order valence-electron chi connectivity index (χ0n) is 15.5. The van der Waals surface area contributed by atoms with Gasteiger partial charge >= 0.3 is 0 Å². The van der Waals surface area contributed by atoms with E-state index in [0.717, 1.165) is 21.5 Å². The number of halogens is 1. The van der Waals surface area contributed by atoms with Crippen LogP contribution in [-0.4, -0.2) is 23.0 Å². The lowest BCUT2D eigenvalue weighted by Crippen LogP contribution is -2.44. The van der Waals surface area contributed by atoms with Crippen LogP contribution in [0.25, 0.3) is 5.69 Å². The number of aryl methyl sites for hydroxylation is 1. The highest BCUT2D eigenvalue weighted by molar-refractivity contribution is 9.10. The molecule has 1 heterocycles. The lowest BCUT2D eigenvalue weighted by atomic mass is 10.2. The summed E-state index contributed by atoms with van der Waals surface area (Å²) in [6.45, 7) is 3.60. The van der Waals surface area contributed by atoms with Gasteiger partial charge in [0.05, 0.1) is 5.56 Å². The van der Waals surface area contributed by atoms with Crippen molar-refractivity contribution >= 4 is 27.7 Å². The fourth-order valence-electron chi connectivity index (χ4n) is 2.88. The second-order valence-corrected chi connectivity index (χ2v) is 7.12. The molecule has 7 heteroatoms. The Morgan fingerprint density at radius 2 is 1.68 bits per heavy atom. The third-order valence-electron chi connectivity index (χ3n) is 4.19. The summed E-state index contributed by atoms with van der Waals surface area (Å²) in [6, 6.07) is 18.7. The van der Waals surface area contributed by atoms with Crippen molar-refractivity contribution in [2.24, 2.45) is 0 Å². The average Bonchev–Trinajstić information content (AvgIpc) is 3.00. The molecule has 0 aliphatic carbocycles. The van der Waals surface area contributed by atoms with Gasteiger partial charge in [-0.3, -0.25) is 20.4 Å². The number of benzene rings is 2. The lowest BCUT2D eigenvalue weighted by molar-refractivity contribution is -0.123. The van der Waals surface area contributed by atoms with Gasteiger partial charge in [-0.05, 0) is 56.3 Å². The standard InChI is InChI=1S/C21H20BrN3O3/c1-14-12-19(15(2)25(14)17-6-4-3-5-7-17)21(27)24-23-20(26)13-28-18-10-8-16(22)9-11-18/h3-12H,13H2,1-2H3,(H,23,26)(H,24,27). The Labute approximate surface area is 171 Å². The number of nitrogens with zero attached hydrogens (tertiary/aromatic N) is 1. The molecule has 28 heavy (non-hydrogen) atoms. The fraction of sp³-hybridized carbons (Fsp3) is 0.143. The van der Waals surface area contributed by atoms with E-state index >= 15 is 0 Å². The smallest absolute Gasteiger partial charge is 0.276 e. The Balaban J connectivity index is 1.59. The van der Waals surface area contributed by atoms with Crippen molar-refractivity contribution in [1.29, 1.82) is 0 Å². The first-order chi connectivity index (χ1) is 13.5. The van der Waals surface area contributed by atoms with E-state index in [0.29, 0.717) is 11.3 Å². The van der Waals surface area contributed by atoms with Gasteiger partial charge in [-0.15, -0.1) is 0 Å². The summed E-state index contributed by atoms with van der Waals surface area (Å²) < 4.78 is 8.29. The van der Waals surface area contributed by atoms with Crippen LogP contribution in [-0.2, 0) is 4.79 Å². The molecular weight excluding hydrogens is 422 g/mol. The summed E-state index contributed by atoms with van der Waals surface area (Å²) in [4.78, 5) is 24.4. The maximum Gasteiger partial charge on any atom is 0.276 e. The van der Waals surface area contributed by atoms with Crippen LogP contribution in [0.5, 0.6) is 5.75 Å². The van der Waals surface area contributed by atoms with E-state index in [1.54, 1.807) is 18.2 Å². The molecule has 0 fully saturated rings. The molecule has 0 aliphatic heterocycles. The zero-order chi connectivity index (χ0) is 20.1. The summed E-state index contributed by atoms with van der Waals surface area (Å²) in [5.41, 5.74) is 8.01. The lowest BCUT2D eigenvalue weighted by Gasteiger charge is -2.11. The second-order valence-electron chi connectivity index (χ2n) is 6.20. The molecule has 6 nitrogen and oxygen atoms in total. The number of carbonyl (C=O) groups is 2. The molecule has 0 unspecified atom stereocenters. The van der Waals surface area contributed by atoms with Gasteiger partial charge in [0.2, 0.25) is 0 Å². The number of nitrogens with one attached hydrogen (secondary N) is 2. The fourth-order valence-corrected chi connectivity index (χ4v) is 3.14. The van der Waals surface area contributed by atoms with Crippen LogP contribution >= 0.6 is 15.9 Å². The molecule has 0 atom stereocenters. The van der Waals surface area contributed by atoms with Gasteiger partial charge in [0, 0.05) is 21.5 Å². The summed E-state index contributed by atoms with van der Waals surface area (Å²) >= 11 is 3.33. The van der Waals surface area contributed by atoms with Gasteiger partial charge in [-0.2, -0.15) is 0 Å². The molecule has 0 aliphatic rings. The molecule has 0 saturated carbocycles. The van der Waals surface area contributed by atoms with Gasteiger partial charge in [0.15, 0.2) is 6.61 Å². The maximum atomic E-state index is 12.5. The van der Waals surface area contributed by atoms with Crippen LogP contribution in [0.1, 0.15) is 21.7 Å². The van der Waals surface area contributed by atoms with E-state index in [1.165, 1.54) is 0 Å². The third kappa shape index (κ3) is 4.61. The number of carbonyl (C=O) groups excluding carboxylic acids is 2. The zero-order valence-corrected chi connectivity index (χ0v) is 17.1. The number of hydrogen-bond donors (Lipinski definition) is 2. The molecule has 0 radical (unpaired) electrons. The van der Waals surface area contributed by atoms with Crippen LogP contribution in [0.4, 0.5) is 0 Å². The Morgan fingerprint density at radius 3 is 2.36 bits per heavy atom. The molecule has 1 aromatic heterocycles. The van der Waals surface area contributed by atoms with Crippen LogP contribution in [0, 0.1) is 13.8 Å². The quantitative estimate of drug-likeness (QED) is 0.592. The number of rotatable bonds is 5. The van der Waals surface area contributed by atoms with E-state index in [4.69, 9.17) is 4.74 Å². The van der Waals surface area contributed by atoms with E-state index < -0.39 is 5.91 Å². The van der Waals surface area contributed by atoms with E-state index in [2.05, 4.69) is 26.8 Å². The Kier molecular flexibility index (Phi) is 6.16. The minimum atomic E-state index is -0.451.